The molecule has 1 heterocycles. The molecule has 1 aromatic heterocycles. The van der Waals surface area contributed by atoms with Crippen molar-refractivity contribution in [1.82, 2.24) is 4.57 Å². The summed E-state index contributed by atoms with van der Waals surface area (Å²) in [4.78, 5) is 12.0. The minimum atomic E-state index is -4.44. The number of nitrogens with zero attached hydrogens (tertiary/aromatic N) is 1. The van der Waals surface area contributed by atoms with E-state index < -0.39 is 17.7 Å². The van der Waals surface area contributed by atoms with E-state index in [-0.39, 0.29) is 22.6 Å². The number of rotatable bonds is 6. The zero-order valence-corrected chi connectivity index (χ0v) is 18.8. The maximum Gasteiger partial charge on any atom is 0.416 e. The first-order valence-corrected chi connectivity index (χ1v) is 10.6. The highest BCUT2D eigenvalue weighted by Crippen LogP contribution is 2.37. The molecule has 4 aromatic rings. The van der Waals surface area contributed by atoms with Crippen molar-refractivity contribution in [3.63, 3.8) is 0 Å². The first kappa shape index (κ1) is 23.5. The predicted molar refractivity (Wildman–Crippen MR) is 123 cm³/mol. The summed E-state index contributed by atoms with van der Waals surface area (Å²) in [6.07, 6.45) is -4.45. The Kier molecular flexibility index (Phi) is 6.18. The van der Waals surface area contributed by atoms with Crippen molar-refractivity contribution in [2.75, 3.05) is 0 Å². The zero-order chi connectivity index (χ0) is 24.6. The van der Waals surface area contributed by atoms with E-state index in [1.807, 2.05) is 13.8 Å². The van der Waals surface area contributed by atoms with Crippen LogP contribution in [-0.2, 0) is 6.18 Å². The average molecular weight is 490 g/mol. The Balaban J connectivity index is 1.73. The van der Waals surface area contributed by atoms with Gasteiger partial charge in [0.15, 0.2) is 5.69 Å². The van der Waals surface area contributed by atoms with Gasteiger partial charge < -0.3 is 19.1 Å². The largest absolute Gasteiger partial charge is 0.491 e. The minimum Gasteiger partial charge on any atom is -0.491 e. The molecule has 4 rings (SSSR count). The number of fused-ring (bicyclic) bond motifs is 1. The number of carboxylic acid groups (broad SMARTS) is 1. The van der Waals surface area contributed by atoms with Gasteiger partial charge in [0.2, 0.25) is 0 Å². The summed E-state index contributed by atoms with van der Waals surface area (Å²) in [5, 5.41) is 10.3. The molecule has 0 spiro atoms. The number of carbonyl (C=O) groups is 1. The summed E-state index contributed by atoms with van der Waals surface area (Å²) < 4.78 is 51.2. The fraction of sp³-hybridized carbons (Fsp3) is 0.160. The molecule has 1 N–H and O–H groups in total. The van der Waals surface area contributed by atoms with Crippen LogP contribution < -0.4 is 9.47 Å². The molecule has 0 saturated carbocycles. The molecular formula is C25H19ClF3NO4. The lowest BCUT2D eigenvalue weighted by molar-refractivity contribution is -0.137. The van der Waals surface area contributed by atoms with Crippen LogP contribution in [0.5, 0.6) is 17.2 Å². The molecule has 0 aliphatic rings. The van der Waals surface area contributed by atoms with Gasteiger partial charge in [0, 0.05) is 11.1 Å². The van der Waals surface area contributed by atoms with Crippen LogP contribution in [0.15, 0.2) is 66.7 Å². The number of aromatic carboxylic acids is 1. The topological polar surface area (TPSA) is 60.7 Å². The first-order chi connectivity index (χ1) is 16.0. The van der Waals surface area contributed by atoms with Crippen molar-refractivity contribution in [3.05, 3.63) is 83.0 Å². The third-order valence-electron chi connectivity index (χ3n) is 4.96. The zero-order valence-electron chi connectivity index (χ0n) is 18.1. The van der Waals surface area contributed by atoms with Gasteiger partial charge in [-0.1, -0.05) is 11.6 Å². The molecule has 176 valence electrons. The van der Waals surface area contributed by atoms with E-state index in [1.165, 1.54) is 16.7 Å². The second kappa shape index (κ2) is 8.95. The molecule has 0 aliphatic carbocycles. The van der Waals surface area contributed by atoms with Crippen LogP contribution in [0.1, 0.15) is 29.9 Å². The summed E-state index contributed by atoms with van der Waals surface area (Å²) in [7, 11) is 0. The molecule has 0 aliphatic heterocycles. The normalized spacial score (nSPS) is 11.7. The summed E-state index contributed by atoms with van der Waals surface area (Å²) in [5.74, 6) is -0.0784. The highest BCUT2D eigenvalue weighted by atomic mass is 35.5. The fourth-order valence-corrected chi connectivity index (χ4v) is 3.86. The van der Waals surface area contributed by atoms with E-state index in [4.69, 9.17) is 21.1 Å². The molecule has 0 bridgehead atoms. The Morgan fingerprint density at radius 3 is 2.09 bits per heavy atom. The maximum atomic E-state index is 12.8. The molecule has 9 heteroatoms. The van der Waals surface area contributed by atoms with Crippen LogP contribution in [0.2, 0.25) is 5.02 Å². The molecule has 0 saturated heterocycles. The van der Waals surface area contributed by atoms with E-state index in [2.05, 4.69) is 0 Å². The first-order valence-electron chi connectivity index (χ1n) is 10.2. The lowest BCUT2D eigenvalue weighted by atomic mass is 10.2. The van der Waals surface area contributed by atoms with E-state index in [0.29, 0.717) is 28.1 Å². The van der Waals surface area contributed by atoms with Crippen LogP contribution >= 0.6 is 11.6 Å². The van der Waals surface area contributed by atoms with Crippen LogP contribution in [-0.4, -0.2) is 21.7 Å². The third kappa shape index (κ3) is 4.68. The molecule has 3 aromatic carbocycles. The lowest BCUT2D eigenvalue weighted by Crippen LogP contribution is -2.08. The second-order valence-corrected chi connectivity index (χ2v) is 8.14. The lowest BCUT2D eigenvalue weighted by Gasteiger charge is -2.12. The van der Waals surface area contributed by atoms with E-state index in [0.717, 1.165) is 12.1 Å². The Morgan fingerprint density at radius 2 is 1.53 bits per heavy atom. The summed E-state index contributed by atoms with van der Waals surface area (Å²) in [6, 6.07) is 16.0. The number of hydrogen-bond acceptors (Lipinski definition) is 3. The molecule has 0 atom stereocenters. The highest BCUT2D eigenvalue weighted by molar-refractivity contribution is 6.38. The van der Waals surface area contributed by atoms with E-state index in [9.17, 15) is 23.1 Å². The summed E-state index contributed by atoms with van der Waals surface area (Å²) >= 11 is 6.45. The SMILES string of the molecule is CC(C)Oc1ccc(-n2c(C(=O)O)c(Cl)c3cc(Oc4ccc(C(F)(F)F)cc4)ccc32)cc1. The molecule has 0 fully saturated rings. The molecule has 0 radical (unpaired) electrons. The maximum absolute atomic E-state index is 12.8. The van der Waals surface area contributed by atoms with Crippen molar-refractivity contribution in [2.45, 2.75) is 26.1 Å². The molecule has 0 amide bonds. The number of carboxylic acids is 1. The van der Waals surface area contributed by atoms with Gasteiger partial charge in [0.25, 0.3) is 0 Å². The number of halogens is 4. The van der Waals surface area contributed by atoms with E-state index >= 15 is 0 Å². The van der Waals surface area contributed by atoms with Crippen molar-refractivity contribution in [3.8, 4) is 22.9 Å². The van der Waals surface area contributed by atoms with Crippen LogP contribution in [0, 0.1) is 0 Å². The van der Waals surface area contributed by atoms with Gasteiger partial charge in [-0.3, -0.25) is 0 Å². The van der Waals surface area contributed by atoms with Crippen molar-refractivity contribution < 1.29 is 32.5 Å². The Labute approximate surface area is 197 Å². The Morgan fingerprint density at radius 1 is 0.941 bits per heavy atom. The number of hydrogen-bond donors (Lipinski definition) is 1. The van der Waals surface area contributed by atoms with Crippen molar-refractivity contribution in [1.29, 1.82) is 0 Å². The molecule has 5 nitrogen and oxygen atoms in total. The molecule has 0 unspecified atom stereocenters. The smallest absolute Gasteiger partial charge is 0.416 e. The van der Waals surface area contributed by atoms with Gasteiger partial charge in [0.1, 0.15) is 17.2 Å². The van der Waals surface area contributed by atoms with Crippen molar-refractivity contribution in [2.24, 2.45) is 0 Å². The minimum absolute atomic E-state index is 0.00892. The van der Waals surface area contributed by atoms with Crippen LogP contribution in [0.25, 0.3) is 16.6 Å². The highest BCUT2D eigenvalue weighted by Gasteiger charge is 2.30. The van der Waals surface area contributed by atoms with Gasteiger partial charge in [0.05, 0.1) is 22.2 Å². The van der Waals surface area contributed by atoms with Gasteiger partial charge in [-0.25, -0.2) is 4.79 Å². The fourth-order valence-electron chi connectivity index (χ4n) is 3.55. The predicted octanol–water partition coefficient (Wildman–Crippen LogP) is 7.58. The standard InChI is InChI=1S/C25H19ClF3NO4/c1-14(2)33-17-9-5-16(6-10-17)30-21-12-11-19(13-20(21)22(26)23(30)24(31)32)34-18-7-3-15(4-8-18)25(27,28)29/h3-14H,1-2H3,(H,31,32). The Hall–Kier alpha value is -3.65. The number of alkyl halides is 3. The van der Waals surface area contributed by atoms with E-state index in [1.54, 1.807) is 42.5 Å². The molecule has 34 heavy (non-hydrogen) atoms. The number of aromatic nitrogens is 1. The average Bonchev–Trinajstić information content (AvgIpc) is 3.06. The van der Waals surface area contributed by atoms with Crippen molar-refractivity contribution >= 4 is 28.5 Å². The monoisotopic (exact) mass is 489 g/mol. The Bertz CT molecular complexity index is 1340. The summed E-state index contributed by atoms with van der Waals surface area (Å²) in [5.41, 5.74) is 0.189. The van der Waals surface area contributed by atoms with Gasteiger partial charge in [-0.15, -0.1) is 0 Å². The number of ether oxygens (including phenoxy) is 2. The van der Waals surface area contributed by atoms with Gasteiger partial charge in [-0.2, -0.15) is 13.2 Å². The third-order valence-corrected chi connectivity index (χ3v) is 5.35. The van der Waals surface area contributed by atoms with Gasteiger partial charge >= 0.3 is 12.1 Å². The molecular weight excluding hydrogens is 471 g/mol. The van der Waals surface area contributed by atoms with Crippen LogP contribution in [0.3, 0.4) is 0 Å². The van der Waals surface area contributed by atoms with Gasteiger partial charge in [-0.05, 0) is 80.6 Å². The second-order valence-electron chi connectivity index (χ2n) is 7.77. The number of benzene rings is 3. The summed E-state index contributed by atoms with van der Waals surface area (Å²) in [6.45, 7) is 3.81. The quantitative estimate of drug-likeness (QED) is 0.303. The van der Waals surface area contributed by atoms with Crippen LogP contribution in [0.4, 0.5) is 13.2 Å².